The molecule has 110 valence electrons. The highest BCUT2D eigenvalue weighted by Crippen LogP contribution is 2.27. The molecule has 1 aliphatic rings. The molecular weight excluding hydrogens is 262 g/mol. The Morgan fingerprint density at radius 1 is 1.33 bits per heavy atom. The van der Waals surface area contributed by atoms with Crippen LogP contribution in [0.2, 0.25) is 0 Å². The predicted molar refractivity (Wildman–Crippen MR) is 85.6 cm³/mol. The largest absolute Gasteiger partial charge is 0.385 e. The van der Waals surface area contributed by atoms with Gasteiger partial charge in [0, 0.05) is 23.7 Å². The number of amides is 1. The summed E-state index contributed by atoms with van der Waals surface area (Å²) in [5, 5.41) is 7.43. The maximum Gasteiger partial charge on any atom is 0.270 e. The summed E-state index contributed by atoms with van der Waals surface area (Å²) in [5.74, 6) is 0.647. The first-order valence-corrected chi connectivity index (χ1v) is 7.62. The molecule has 2 N–H and O–H groups in total. The summed E-state index contributed by atoms with van der Waals surface area (Å²) in [6, 6.07) is 10.1. The second-order valence-corrected chi connectivity index (χ2v) is 5.85. The molecule has 0 unspecified atom stereocenters. The van der Waals surface area contributed by atoms with Crippen molar-refractivity contribution in [1.82, 2.24) is 10.3 Å². The molecule has 1 saturated carbocycles. The zero-order chi connectivity index (χ0) is 14.8. The number of aromatic nitrogens is 1. The van der Waals surface area contributed by atoms with Crippen LogP contribution in [0, 0.1) is 5.92 Å². The quantitative estimate of drug-likeness (QED) is 0.906. The molecule has 1 amide bonds. The van der Waals surface area contributed by atoms with Crippen molar-refractivity contribution in [3.05, 3.63) is 36.0 Å². The molecule has 0 radical (unpaired) electrons. The second-order valence-electron chi connectivity index (χ2n) is 5.85. The van der Waals surface area contributed by atoms with E-state index in [9.17, 15) is 4.79 Å². The van der Waals surface area contributed by atoms with E-state index in [2.05, 4.69) is 22.5 Å². The van der Waals surface area contributed by atoms with Gasteiger partial charge in [-0.1, -0.05) is 25.1 Å². The zero-order valence-corrected chi connectivity index (χ0v) is 12.5. The Morgan fingerprint density at radius 2 is 2.10 bits per heavy atom. The van der Waals surface area contributed by atoms with Gasteiger partial charge in [-0.25, -0.2) is 4.98 Å². The van der Waals surface area contributed by atoms with Gasteiger partial charge in [-0.05, 0) is 37.8 Å². The van der Waals surface area contributed by atoms with Crippen LogP contribution in [0.5, 0.6) is 0 Å². The molecule has 3 rings (SSSR count). The minimum atomic E-state index is -0.0724. The molecule has 4 heteroatoms. The van der Waals surface area contributed by atoms with E-state index >= 15 is 0 Å². The molecule has 1 aromatic carbocycles. The third-order valence-corrected chi connectivity index (χ3v) is 4.03. The van der Waals surface area contributed by atoms with Gasteiger partial charge >= 0.3 is 0 Å². The number of rotatable bonds is 4. The van der Waals surface area contributed by atoms with E-state index in [1.165, 1.54) is 0 Å². The van der Waals surface area contributed by atoms with E-state index in [1.54, 1.807) is 0 Å². The maximum atomic E-state index is 12.4. The van der Waals surface area contributed by atoms with Crippen molar-refractivity contribution in [1.29, 1.82) is 0 Å². The van der Waals surface area contributed by atoms with Gasteiger partial charge in [-0.15, -0.1) is 0 Å². The van der Waals surface area contributed by atoms with Crippen LogP contribution in [0.1, 0.15) is 37.2 Å². The molecule has 0 bridgehead atoms. The first kappa shape index (κ1) is 13.9. The summed E-state index contributed by atoms with van der Waals surface area (Å²) < 4.78 is 0. The van der Waals surface area contributed by atoms with E-state index < -0.39 is 0 Å². The first-order valence-electron chi connectivity index (χ1n) is 7.62. The number of pyridine rings is 1. The van der Waals surface area contributed by atoms with Crippen molar-refractivity contribution in [3.8, 4) is 0 Å². The van der Waals surface area contributed by atoms with Gasteiger partial charge in [0.05, 0.1) is 5.52 Å². The van der Waals surface area contributed by atoms with E-state index in [1.807, 2.05) is 37.3 Å². The minimum absolute atomic E-state index is 0.0724. The van der Waals surface area contributed by atoms with Gasteiger partial charge in [-0.2, -0.15) is 0 Å². The number of hydrogen-bond donors (Lipinski definition) is 2. The number of anilines is 1. The number of fused-ring (bicyclic) bond motifs is 1. The minimum Gasteiger partial charge on any atom is -0.385 e. The predicted octanol–water partition coefficient (Wildman–Crippen LogP) is 3.19. The summed E-state index contributed by atoms with van der Waals surface area (Å²) in [6.45, 7) is 5.07. The fraction of sp³-hybridized carbons (Fsp3) is 0.412. The van der Waals surface area contributed by atoms with Gasteiger partial charge in [-0.3, -0.25) is 4.79 Å². The lowest BCUT2D eigenvalue weighted by Gasteiger charge is -2.33. The second kappa shape index (κ2) is 5.72. The molecule has 21 heavy (non-hydrogen) atoms. The number of nitrogens with zero attached hydrogens (tertiary/aromatic N) is 1. The number of carbonyl (C=O) groups excluding carboxylic acids is 1. The molecule has 1 aliphatic carbocycles. The zero-order valence-electron chi connectivity index (χ0n) is 12.5. The van der Waals surface area contributed by atoms with E-state index in [-0.39, 0.29) is 5.91 Å². The molecule has 1 fully saturated rings. The van der Waals surface area contributed by atoms with Crippen molar-refractivity contribution in [3.63, 3.8) is 0 Å². The average molecular weight is 283 g/mol. The normalized spacial score (nSPS) is 20.9. The molecule has 1 heterocycles. The Morgan fingerprint density at radius 3 is 2.81 bits per heavy atom. The van der Waals surface area contributed by atoms with E-state index in [0.29, 0.717) is 11.7 Å². The Labute approximate surface area is 125 Å². The average Bonchev–Trinajstić information content (AvgIpc) is 2.45. The van der Waals surface area contributed by atoms with E-state index in [4.69, 9.17) is 0 Å². The number of nitrogens with one attached hydrogen (secondary N) is 2. The van der Waals surface area contributed by atoms with Crippen LogP contribution in [0.3, 0.4) is 0 Å². The number of hydrogen-bond acceptors (Lipinski definition) is 3. The highest BCUT2D eigenvalue weighted by Gasteiger charge is 2.27. The van der Waals surface area contributed by atoms with Crippen molar-refractivity contribution < 1.29 is 4.79 Å². The summed E-state index contributed by atoms with van der Waals surface area (Å²) in [7, 11) is 0. The summed E-state index contributed by atoms with van der Waals surface area (Å²) in [5.41, 5.74) is 2.31. The highest BCUT2D eigenvalue weighted by atomic mass is 16.1. The first-order chi connectivity index (χ1) is 10.2. The smallest absolute Gasteiger partial charge is 0.270 e. The van der Waals surface area contributed by atoms with Crippen molar-refractivity contribution in [2.45, 2.75) is 32.7 Å². The fourth-order valence-electron chi connectivity index (χ4n) is 2.91. The van der Waals surface area contributed by atoms with Crippen LogP contribution in [0.25, 0.3) is 10.9 Å². The topological polar surface area (TPSA) is 54.0 Å². The lowest BCUT2D eigenvalue weighted by molar-refractivity contribution is 0.0891. The highest BCUT2D eigenvalue weighted by molar-refractivity contribution is 5.99. The Hall–Kier alpha value is -2.10. The number of carbonyl (C=O) groups is 1. The fourth-order valence-corrected chi connectivity index (χ4v) is 2.91. The maximum absolute atomic E-state index is 12.4. The lowest BCUT2D eigenvalue weighted by atomic mass is 9.82. The third kappa shape index (κ3) is 2.84. The van der Waals surface area contributed by atoms with Crippen LogP contribution in [0.4, 0.5) is 5.69 Å². The summed E-state index contributed by atoms with van der Waals surface area (Å²) in [6.07, 6.45) is 2.14. The van der Waals surface area contributed by atoms with Crippen LogP contribution < -0.4 is 10.6 Å². The number of para-hydroxylation sites is 1. The molecular formula is C17H21N3O. The van der Waals surface area contributed by atoms with Gasteiger partial charge in [0.2, 0.25) is 0 Å². The van der Waals surface area contributed by atoms with Crippen molar-refractivity contribution >= 4 is 22.5 Å². The van der Waals surface area contributed by atoms with Crippen molar-refractivity contribution in [2.24, 2.45) is 5.92 Å². The SMILES string of the molecule is CCNc1cc(C(=O)NC2CC(C)C2)nc2ccccc12. The molecule has 0 saturated heterocycles. The molecule has 1 aromatic heterocycles. The molecule has 0 aliphatic heterocycles. The van der Waals surface area contributed by atoms with Gasteiger partial charge in [0.1, 0.15) is 5.69 Å². The van der Waals surface area contributed by atoms with Crippen LogP contribution in [0.15, 0.2) is 30.3 Å². The Bertz CT molecular complexity index is 662. The van der Waals surface area contributed by atoms with Gasteiger partial charge in [0.25, 0.3) is 5.91 Å². The lowest BCUT2D eigenvalue weighted by Crippen LogP contribution is -2.43. The van der Waals surface area contributed by atoms with Crippen LogP contribution in [-0.4, -0.2) is 23.5 Å². The summed E-state index contributed by atoms with van der Waals surface area (Å²) >= 11 is 0. The van der Waals surface area contributed by atoms with E-state index in [0.717, 1.165) is 41.9 Å². The molecule has 4 nitrogen and oxygen atoms in total. The van der Waals surface area contributed by atoms with Crippen molar-refractivity contribution in [2.75, 3.05) is 11.9 Å². The van der Waals surface area contributed by atoms with Crippen LogP contribution in [-0.2, 0) is 0 Å². The van der Waals surface area contributed by atoms with Gasteiger partial charge < -0.3 is 10.6 Å². The van der Waals surface area contributed by atoms with Gasteiger partial charge in [0.15, 0.2) is 0 Å². The molecule has 2 aromatic rings. The summed E-state index contributed by atoms with van der Waals surface area (Å²) in [4.78, 5) is 16.8. The third-order valence-electron chi connectivity index (χ3n) is 4.03. The Kier molecular flexibility index (Phi) is 3.78. The monoisotopic (exact) mass is 283 g/mol. The standard InChI is InChI=1S/C17H21N3O/c1-3-18-15-10-16(17(21)19-12-8-11(2)9-12)20-14-7-5-4-6-13(14)15/h4-7,10-12H,3,8-9H2,1-2H3,(H,18,20)(H,19,21). The molecule has 0 spiro atoms. The van der Waals surface area contributed by atoms with Crippen LogP contribution >= 0.6 is 0 Å². The molecule has 0 atom stereocenters. The number of benzene rings is 1. The Balaban J connectivity index is 1.89.